The highest BCUT2D eigenvalue weighted by molar-refractivity contribution is 5.23. The maximum absolute atomic E-state index is 13.9. The van der Waals surface area contributed by atoms with Crippen molar-refractivity contribution in [3.8, 4) is 0 Å². The molecule has 0 heterocycles. The second-order valence-corrected chi connectivity index (χ2v) is 5.95. The van der Waals surface area contributed by atoms with E-state index in [9.17, 15) is 8.78 Å². The van der Waals surface area contributed by atoms with Crippen LogP contribution in [0.3, 0.4) is 0 Å². The molecule has 1 aliphatic carbocycles. The van der Waals surface area contributed by atoms with Crippen molar-refractivity contribution in [2.45, 2.75) is 26.3 Å². The zero-order valence-electron chi connectivity index (χ0n) is 12.5. The van der Waals surface area contributed by atoms with Crippen LogP contribution in [-0.2, 0) is 0 Å². The van der Waals surface area contributed by atoms with Crippen LogP contribution in [0.25, 0.3) is 0 Å². The molecule has 20 heavy (non-hydrogen) atoms. The molecule has 0 spiro atoms. The molecular formula is C16H24F2N2. The van der Waals surface area contributed by atoms with Gasteiger partial charge in [-0.3, -0.25) is 0 Å². The molecule has 2 nitrogen and oxygen atoms in total. The van der Waals surface area contributed by atoms with Crippen molar-refractivity contribution in [2.75, 3.05) is 26.7 Å². The van der Waals surface area contributed by atoms with E-state index in [1.54, 1.807) is 12.1 Å². The summed E-state index contributed by atoms with van der Waals surface area (Å²) < 4.78 is 27.3. The Bertz CT molecular complexity index is 450. The fourth-order valence-electron chi connectivity index (χ4n) is 2.75. The predicted molar refractivity (Wildman–Crippen MR) is 77.5 cm³/mol. The Morgan fingerprint density at radius 3 is 2.70 bits per heavy atom. The van der Waals surface area contributed by atoms with Crippen molar-refractivity contribution >= 4 is 0 Å². The number of hydrogen-bond donors (Lipinski definition) is 1. The minimum Gasteiger partial charge on any atom is -0.309 e. The van der Waals surface area contributed by atoms with E-state index in [4.69, 9.17) is 0 Å². The molecule has 0 radical (unpaired) electrons. The van der Waals surface area contributed by atoms with Gasteiger partial charge in [0.15, 0.2) is 11.6 Å². The molecule has 0 amide bonds. The van der Waals surface area contributed by atoms with Gasteiger partial charge in [-0.1, -0.05) is 26.0 Å². The van der Waals surface area contributed by atoms with E-state index in [2.05, 4.69) is 17.1 Å². The van der Waals surface area contributed by atoms with Crippen molar-refractivity contribution in [3.63, 3.8) is 0 Å². The first kappa shape index (κ1) is 15.4. The SMILES string of the molecule is CCNC(CN(C)CC1CC1C)c1cccc(F)c1F. The lowest BCUT2D eigenvalue weighted by molar-refractivity contribution is 0.274. The Hall–Kier alpha value is -1.00. The Morgan fingerprint density at radius 2 is 2.10 bits per heavy atom. The standard InChI is InChI=1S/C16H24F2N2/c1-4-19-15(10-20(3)9-12-8-11(12)2)13-6-5-7-14(17)16(13)18/h5-7,11-12,15,19H,4,8-10H2,1-3H3. The first-order chi connectivity index (χ1) is 9.52. The van der Waals surface area contributed by atoms with Gasteiger partial charge < -0.3 is 10.2 Å². The van der Waals surface area contributed by atoms with Crippen molar-refractivity contribution < 1.29 is 8.78 Å². The Kier molecular flexibility index (Phi) is 5.11. The van der Waals surface area contributed by atoms with Crippen LogP contribution in [0.15, 0.2) is 18.2 Å². The number of hydrogen-bond acceptors (Lipinski definition) is 2. The number of benzene rings is 1. The lowest BCUT2D eigenvalue weighted by Gasteiger charge is -2.25. The molecule has 3 atom stereocenters. The van der Waals surface area contributed by atoms with E-state index in [1.807, 2.05) is 14.0 Å². The van der Waals surface area contributed by atoms with Crippen LogP contribution < -0.4 is 5.32 Å². The van der Waals surface area contributed by atoms with Gasteiger partial charge in [0.05, 0.1) is 0 Å². The fourth-order valence-corrected chi connectivity index (χ4v) is 2.75. The van der Waals surface area contributed by atoms with Crippen molar-refractivity contribution in [1.82, 2.24) is 10.2 Å². The highest BCUT2D eigenvalue weighted by atomic mass is 19.2. The third kappa shape index (κ3) is 3.76. The molecule has 1 aromatic rings. The molecule has 1 saturated carbocycles. The molecule has 0 aromatic heterocycles. The van der Waals surface area contributed by atoms with E-state index in [-0.39, 0.29) is 6.04 Å². The summed E-state index contributed by atoms with van der Waals surface area (Å²) in [7, 11) is 2.05. The largest absolute Gasteiger partial charge is 0.309 e. The van der Waals surface area contributed by atoms with Gasteiger partial charge in [-0.05, 0) is 37.9 Å². The second kappa shape index (κ2) is 6.64. The molecule has 4 heteroatoms. The van der Waals surface area contributed by atoms with Gasteiger partial charge in [0, 0.05) is 24.7 Å². The molecule has 1 aromatic carbocycles. The number of halogens is 2. The minimum absolute atomic E-state index is 0.172. The van der Waals surface area contributed by atoms with Gasteiger partial charge >= 0.3 is 0 Å². The zero-order chi connectivity index (χ0) is 14.7. The molecular weight excluding hydrogens is 258 g/mol. The normalized spacial score (nSPS) is 23.1. The predicted octanol–water partition coefficient (Wildman–Crippen LogP) is 3.20. The topological polar surface area (TPSA) is 15.3 Å². The number of nitrogens with one attached hydrogen (secondary N) is 1. The molecule has 0 saturated heterocycles. The molecule has 112 valence electrons. The van der Waals surface area contributed by atoms with Crippen LogP contribution in [0.5, 0.6) is 0 Å². The first-order valence-corrected chi connectivity index (χ1v) is 7.38. The second-order valence-electron chi connectivity index (χ2n) is 5.95. The molecule has 2 rings (SSSR count). The molecule has 1 aliphatic rings. The molecule has 1 fully saturated rings. The van der Waals surface area contributed by atoms with Crippen LogP contribution >= 0.6 is 0 Å². The summed E-state index contributed by atoms with van der Waals surface area (Å²) in [6.45, 7) is 6.69. The summed E-state index contributed by atoms with van der Waals surface area (Å²) in [5.74, 6) is 0.0658. The summed E-state index contributed by atoms with van der Waals surface area (Å²) in [6, 6.07) is 4.23. The van der Waals surface area contributed by atoms with Crippen molar-refractivity contribution in [3.05, 3.63) is 35.4 Å². The third-order valence-electron chi connectivity index (χ3n) is 4.12. The third-order valence-corrected chi connectivity index (χ3v) is 4.12. The molecule has 0 bridgehead atoms. The summed E-state index contributed by atoms with van der Waals surface area (Å²) in [4.78, 5) is 2.21. The smallest absolute Gasteiger partial charge is 0.163 e. The Morgan fingerprint density at radius 1 is 1.40 bits per heavy atom. The van der Waals surface area contributed by atoms with Crippen LogP contribution in [-0.4, -0.2) is 31.6 Å². The van der Waals surface area contributed by atoms with E-state index >= 15 is 0 Å². The number of rotatable bonds is 7. The first-order valence-electron chi connectivity index (χ1n) is 7.38. The van der Waals surface area contributed by atoms with E-state index in [1.165, 1.54) is 6.42 Å². The summed E-state index contributed by atoms with van der Waals surface area (Å²) in [5, 5.41) is 3.25. The number of nitrogens with zero attached hydrogens (tertiary/aromatic N) is 1. The fraction of sp³-hybridized carbons (Fsp3) is 0.625. The van der Waals surface area contributed by atoms with Gasteiger partial charge in [-0.25, -0.2) is 8.78 Å². The monoisotopic (exact) mass is 282 g/mol. The van der Waals surface area contributed by atoms with Crippen LogP contribution in [0.1, 0.15) is 31.9 Å². The van der Waals surface area contributed by atoms with E-state index in [0.29, 0.717) is 12.1 Å². The van der Waals surface area contributed by atoms with E-state index in [0.717, 1.165) is 31.0 Å². The quantitative estimate of drug-likeness (QED) is 0.826. The highest BCUT2D eigenvalue weighted by Gasteiger charge is 2.33. The Labute approximate surface area is 120 Å². The Balaban J connectivity index is 2.03. The van der Waals surface area contributed by atoms with Gasteiger partial charge in [-0.2, -0.15) is 0 Å². The summed E-state index contributed by atoms with van der Waals surface area (Å²) in [6.07, 6.45) is 1.28. The van der Waals surface area contributed by atoms with Gasteiger partial charge in [0.25, 0.3) is 0 Å². The maximum atomic E-state index is 13.9. The lowest BCUT2D eigenvalue weighted by Crippen LogP contribution is -2.34. The van der Waals surface area contributed by atoms with Crippen molar-refractivity contribution in [2.24, 2.45) is 11.8 Å². The molecule has 0 aliphatic heterocycles. The maximum Gasteiger partial charge on any atom is 0.163 e. The van der Waals surface area contributed by atoms with Crippen LogP contribution in [0.2, 0.25) is 0 Å². The van der Waals surface area contributed by atoms with Crippen LogP contribution in [0.4, 0.5) is 8.78 Å². The average molecular weight is 282 g/mol. The van der Waals surface area contributed by atoms with Crippen LogP contribution in [0, 0.1) is 23.5 Å². The molecule has 3 unspecified atom stereocenters. The summed E-state index contributed by atoms with van der Waals surface area (Å²) >= 11 is 0. The van der Waals surface area contributed by atoms with Gasteiger partial charge in [-0.15, -0.1) is 0 Å². The van der Waals surface area contributed by atoms with Gasteiger partial charge in [0.1, 0.15) is 0 Å². The van der Waals surface area contributed by atoms with Gasteiger partial charge in [0.2, 0.25) is 0 Å². The highest BCUT2D eigenvalue weighted by Crippen LogP contribution is 2.38. The summed E-state index contributed by atoms with van der Waals surface area (Å²) in [5.41, 5.74) is 0.419. The minimum atomic E-state index is -0.774. The lowest BCUT2D eigenvalue weighted by atomic mass is 10.1. The average Bonchev–Trinajstić information content (AvgIpc) is 3.07. The number of likely N-dealkylation sites (N-methyl/N-ethyl adjacent to an activating group) is 2. The van der Waals surface area contributed by atoms with E-state index < -0.39 is 11.6 Å². The molecule has 1 N–H and O–H groups in total. The van der Waals surface area contributed by atoms with Crippen molar-refractivity contribution in [1.29, 1.82) is 0 Å². The zero-order valence-corrected chi connectivity index (χ0v) is 12.5.